The molecule has 1 aromatic rings. The van der Waals surface area contributed by atoms with Gasteiger partial charge in [-0.15, -0.1) is 6.58 Å². The van der Waals surface area contributed by atoms with Crippen molar-refractivity contribution >= 4 is 11.9 Å². The minimum absolute atomic E-state index is 0.0193. The normalized spacial score (nSPS) is 19.2. The molecule has 3 rings (SSSR count). The van der Waals surface area contributed by atoms with Gasteiger partial charge in [0, 0.05) is 6.54 Å². The zero-order valence-electron chi connectivity index (χ0n) is 21.8. The average molecular weight is 500 g/mol. The Labute approximate surface area is 215 Å². The Bertz CT molecular complexity index is 907. The van der Waals surface area contributed by atoms with Crippen LogP contribution in [-0.2, 0) is 14.3 Å². The molecule has 2 atom stereocenters. The lowest BCUT2D eigenvalue weighted by Gasteiger charge is -2.39. The van der Waals surface area contributed by atoms with Crippen LogP contribution in [0.25, 0.3) is 0 Å². The number of methoxy groups -OCH3 is 2. The van der Waals surface area contributed by atoms with Gasteiger partial charge in [-0.05, 0) is 62.1 Å². The molecule has 198 valence electrons. The van der Waals surface area contributed by atoms with Crippen LogP contribution in [0.3, 0.4) is 0 Å². The Morgan fingerprint density at radius 3 is 2.39 bits per heavy atom. The zero-order valence-corrected chi connectivity index (χ0v) is 21.8. The van der Waals surface area contributed by atoms with E-state index in [0.717, 1.165) is 44.1 Å². The van der Waals surface area contributed by atoms with E-state index in [-0.39, 0.29) is 24.4 Å². The summed E-state index contributed by atoms with van der Waals surface area (Å²) in [6, 6.07) is 3.22. The van der Waals surface area contributed by atoms with Crippen molar-refractivity contribution in [1.29, 1.82) is 0 Å². The molecule has 1 saturated heterocycles. The first kappa shape index (κ1) is 27.6. The van der Waals surface area contributed by atoms with Crippen molar-refractivity contribution in [1.82, 2.24) is 4.90 Å². The number of carbonyl (C=O) groups excluding carboxylic acids is 2. The number of nitrogens with zero attached hydrogens (tertiary/aromatic N) is 1. The van der Waals surface area contributed by atoms with E-state index in [4.69, 9.17) is 18.9 Å². The molecule has 36 heavy (non-hydrogen) atoms. The minimum Gasteiger partial charge on any atom is -0.493 e. The number of rotatable bonds is 12. The number of carbonyl (C=O) groups is 2. The maximum Gasteiger partial charge on any atom is 0.328 e. The van der Waals surface area contributed by atoms with Crippen molar-refractivity contribution in [2.75, 3.05) is 34.0 Å². The second-order valence-electron chi connectivity index (χ2n) is 9.52. The standard InChI is InChI=1S/C29H41NO6/c1-5-7-18-36-29(32)23-15-11-12-16-30(23)28(31)26(21-13-9-8-10-14-21)22-19-24(33-3)27(34-4)25(20-22)35-17-6-2/h5-6,19-21,23,26H,1-2,7-18H2,3-4H3/t23-,26-/m0/s1. The first-order valence-electron chi connectivity index (χ1n) is 13.1. The molecule has 0 unspecified atom stereocenters. The van der Waals surface area contributed by atoms with Crippen molar-refractivity contribution in [3.8, 4) is 17.2 Å². The van der Waals surface area contributed by atoms with Crippen LogP contribution in [0.5, 0.6) is 17.2 Å². The first-order valence-corrected chi connectivity index (χ1v) is 13.1. The Kier molecular flexibility index (Phi) is 10.7. The van der Waals surface area contributed by atoms with Crippen molar-refractivity contribution in [2.24, 2.45) is 5.92 Å². The number of hydrogen-bond donors (Lipinski definition) is 0. The summed E-state index contributed by atoms with van der Waals surface area (Å²) < 4.78 is 22.6. The summed E-state index contributed by atoms with van der Waals surface area (Å²) in [6.07, 6.45) is 11.7. The fourth-order valence-electron chi connectivity index (χ4n) is 5.43. The van der Waals surface area contributed by atoms with E-state index in [2.05, 4.69) is 13.2 Å². The van der Waals surface area contributed by atoms with Gasteiger partial charge in [0.25, 0.3) is 0 Å². The van der Waals surface area contributed by atoms with Crippen LogP contribution in [0.4, 0.5) is 0 Å². The summed E-state index contributed by atoms with van der Waals surface area (Å²) in [5, 5.41) is 0. The third-order valence-electron chi connectivity index (χ3n) is 7.19. The smallest absolute Gasteiger partial charge is 0.328 e. The summed E-state index contributed by atoms with van der Waals surface area (Å²) in [4.78, 5) is 29.0. The highest BCUT2D eigenvalue weighted by atomic mass is 16.5. The lowest BCUT2D eigenvalue weighted by molar-refractivity contribution is -0.158. The molecule has 1 amide bonds. The maximum atomic E-state index is 14.3. The second kappa shape index (κ2) is 14.0. The molecule has 7 heteroatoms. The van der Waals surface area contributed by atoms with Gasteiger partial charge in [-0.25, -0.2) is 4.79 Å². The Balaban J connectivity index is 2.00. The fourth-order valence-corrected chi connectivity index (χ4v) is 5.43. The molecule has 2 aliphatic rings. The molecule has 1 saturated carbocycles. The molecule has 1 aliphatic carbocycles. The lowest BCUT2D eigenvalue weighted by atomic mass is 9.75. The van der Waals surface area contributed by atoms with Gasteiger partial charge >= 0.3 is 5.97 Å². The van der Waals surface area contributed by atoms with Crippen LogP contribution < -0.4 is 14.2 Å². The number of ether oxygens (including phenoxy) is 4. The highest BCUT2D eigenvalue weighted by molar-refractivity contribution is 5.89. The van der Waals surface area contributed by atoms with Crippen LogP contribution in [-0.4, -0.2) is 56.8 Å². The number of piperidine rings is 1. The summed E-state index contributed by atoms with van der Waals surface area (Å²) in [6.45, 7) is 8.56. The van der Waals surface area contributed by atoms with Crippen LogP contribution in [0.1, 0.15) is 69.3 Å². The predicted molar refractivity (Wildman–Crippen MR) is 140 cm³/mol. The van der Waals surface area contributed by atoms with Gasteiger partial charge in [0.2, 0.25) is 11.7 Å². The van der Waals surface area contributed by atoms with Crippen molar-refractivity contribution in [2.45, 2.75) is 69.7 Å². The van der Waals surface area contributed by atoms with E-state index < -0.39 is 12.0 Å². The van der Waals surface area contributed by atoms with E-state index in [0.29, 0.717) is 43.2 Å². The van der Waals surface area contributed by atoms with E-state index >= 15 is 0 Å². The molecular weight excluding hydrogens is 458 g/mol. The highest BCUT2D eigenvalue weighted by Crippen LogP contribution is 2.45. The Morgan fingerprint density at radius 2 is 1.72 bits per heavy atom. The predicted octanol–water partition coefficient (Wildman–Crippen LogP) is 5.43. The molecule has 1 aromatic carbocycles. The van der Waals surface area contributed by atoms with Crippen molar-refractivity contribution in [3.63, 3.8) is 0 Å². The van der Waals surface area contributed by atoms with E-state index in [9.17, 15) is 9.59 Å². The van der Waals surface area contributed by atoms with Crippen LogP contribution >= 0.6 is 0 Å². The van der Waals surface area contributed by atoms with Crippen LogP contribution in [0, 0.1) is 5.92 Å². The summed E-state index contributed by atoms with van der Waals surface area (Å²) in [7, 11) is 3.15. The molecule has 2 fully saturated rings. The molecule has 0 radical (unpaired) electrons. The van der Waals surface area contributed by atoms with E-state index in [1.807, 2.05) is 12.1 Å². The number of esters is 1. The number of benzene rings is 1. The number of amides is 1. The maximum absolute atomic E-state index is 14.3. The summed E-state index contributed by atoms with van der Waals surface area (Å²) in [5.41, 5.74) is 0.827. The van der Waals surface area contributed by atoms with Gasteiger partial charge < -0.3 is 23.8 Å². The van der Waals surface area contributed by atoms with Gasteiger partial charge in [0.05, 0.1) is 26.7 Å². The monoisotopic (exact) mass is 499 g/mol. The summed E-state index contributed by atoms with van der Waals surface area (Å²) in [5.74, 6) is 0.943. The molecule has 1 aliphatic heterocycles. The quantitative estimate of drug-likeness (QED) is 0.217. The molecular formula is C29H41NO6. The Hall–Kier alpha value is -2.96. The zero-order chi connectivity index (χ0) is 25.9. The molecule has 7 nitrogen and oxygen atoms in total. The second-order valence-corrected chi connectivity index (χ2v) is 9.52. The third-order valence-corrected chi connectivity index (χ3v) is 7.19. The van der Waals surface area contributed by atoms with E-state index in [1.54, 1.807) is 31.3 Å². The SMILES string of the molecule is C=CCCOC(=O)[C@@H]1CCCCN1C(=O)[C@H](c1cc(OC)c(OC)c(OCC=C)c1)C1CCCCC1. The molecule has 0 spiro atoms. The number of likely N-dealkylation sites (tertiary alicyclic amines) is 1. The van der Waals surface area contributed by atoms with Crippen LogP contribution in [0.2, 0.25) is 0 Å². The lowest BCUT2D eigenvalue weighted by Crippen LogP contribution is -2.51. The van der Waals surface area contributed by atoms with Gasteiger partial charge in [0.15, 0.2) is 11.5 Å². The van der Waals surface area contributed by atoms with Gasteiger partial charge in [-0.1, -0.05) is 38.0 Å². The summed E-state index contributed by atoms with van der Waals surface area (Å²) >= 11 is 0. The number of hydrogen-bond acceptors (Lipinski definition) is 6. The first-order chi connectivity index (χ1) is 17.5. The molecule has 0 aromatic heterocycles. The molecule has 0 N–H and O–H groups in total. The topological polar surface area (TPSA) is 74.3 Å². The van der Waals surface area contributed by atoms with Crippen molar-refractivity contribution < 1.29 is 28.5 Å². The van der Waals surface area contributed by atoms with Crippen LogP contribution in [0.15, 0.2) is 37.4 Å². The van der Waals surface area contributed by atoms with Gasteiger partial charge in [0.1, 0.15) is 12.6 Å². The molecule has 0 bridgehead atoms. The minimum atomic E-state index is -0.557. The fraction of sp³-hybridized carbons (Fsp3) is 0.586. The van der Waals surface area contributed by atoms with Crippen molar-refractivity contribution in [3.05, 3.63) is 43.0 Å². The average Bonchev–Trinajstić information content (AvgIpc) is 2.92. The van der Waals surface area contributed by atoms with Gasteiger partial charge in [-0.2, -0.15) is 0 Å². The largest absolute Gasteiger partial charge is 0.493 e. The van der Waals surface area contributed by atoms with Gasteiger partial charge in [-0.3, -0.25) is 4.79 Å². The Morgan fingerprint density at radius 1 is 1.00 bits per heavy atom. The van der Waals surface area contributed by atoms with E-state index in [1.165, 1.54) is 6.42 Å². The third kappa shape index (κ3) is 6.62. The molecule has 1 heterocycles. The highest BCUT2D eigenvalue weighted by Gasteiger charge is 2.40.